The molecule has 0 bridgehead atoms. The monoisotopic (exact) mass is 283 g/mol. The van der Waals surface area contributed by atoms with Gasteiger partial charge >= 0.3 is 0 Å². The Morgan fingerprint density at radius 2 is 1.67 bits per heavy atom. The Labute approximate surface area is 126 Å². The Kier molecular flexibility index (Phi) is 3.96. The van der Waals surface area contributed by atoms with Crippen LogP contribution in [0.3, 0.4) is 0 Å². The van der Waals surface area contributed by atoms with Crippen LogP contribution in [0.2, 0.25) is 0 Å². The van der Waals surface area contributed by atoms with E-state index < -0.39 is 0 Å². The molecule has 0 radical (unpaired) electrons. The molecular weight excluding hydrogens is 261 g/mol. The third kappa shape index (κ3) is 3.10. The minimum Gasteiger partial charge on any atom is -0.382 e. The second-order valence-corrected chi connectivity index (χ2v) is 6.31. The van der Waals surface area contributed by atoms with E-state index >= 15 is 0 Å². The van der Waals surface area contributed by atoms with Crippen molar-refractivity contribution in [2.75, 3.05) is 5.32 Å². The lowest BCUT2D eigenvalue weighted by Crippen LogP contribution is -2.34. The van der Waals surface area contributed by atoms with Crippen molar-refractivity contribution in [1.29, 1.82) is 0 Å². The summed E-state index contributed by atoms with van der Waals surface area (Å²) in [5.41, 5.74) is 3.39. The van der Waals surface area contributed by atoms with E-state index in [9.17, 15) is 4.39 Å². The smallest absolute Gasteiger partial charge is 0.126 e. The average Bonchev–Trinajstić information content (AvgIpc) is 2.44. The summed E-state index contributed by atoms with van der Waals surface area (Å²) in [6, 6.07) is 16.2. The quantitative estimate of drug-likeness (QED) is 0.802. The SMILES string of the molecule is CC(C)c1ccc(NC2CC(c3ccccc3F)C2)cc1. The minimum absolute atomic E-state index is 0.0674. The molecule has 2 aromatic carbocycles. The number of nitrogens with one attached hydrogen (secondary N) is 1. The molecule has 2 heteroatoms. The van der Waals surface area contributed by atoms with Crippen LogP contribution in [0.1, 0.15) is 49.7 Å². The van der Waals surface area contributed by atoms with Gasteiger partial charge in [0.15, 0.2) is 0 Å². The van der Waals surface area contributed by atoms with Gasteiger partial charge in [-0.1, -0.05) is 44.2 Å². The first-order valence-electron chi connectivity index (χ1n) is 7.74. The van der Waals surface area contributed by atoms with Crippen molar-refractivity contribution in [2.24, 2.45) is 0 Å². The van der Waals surface area contributed by atoms with E-state index in [1.165, 1.54) is 5.56 Å². The molecule has 1 nitrogen and oxygen atoms in total. The Hall–Kier alpha value is -1.83. The minimum atomic E-state index is -0.0674. The number of anilines is 1. The van der Waals surface area contributed by atoms with Crippen molar-refractivity contribution < 1.29 is 4.39 Å². The van der Waals surface area contributed by atoms with Crippen LogP contribution >= 0.6 is 0 Å². The zero-order chi connectivity index (χ0) is 14.8. The van der Waals surface area contributed by atoms with Crippen LogP contribution in [0, 0.1) is 5.82 Å². The van der Waals surface area contributed by atoms with Gasteiger partial charge in [0.1, 0.15) is 5.82 Å². The molecule has 0 aliphatic heterocycles. The Bertz CT molecular complexity index is 597. The largest absolute Gasteiger partial charge is 0.382 e. The molecule has 1 N–H and O–H groups in total. The van der Waals surface area contributed by atoms with Crippen molar-refractivity contribution in [3.8, 4) is 0 Å². The third-order valence-corrected chi connectivity index (χ3v) is 4.43. The van der Waals surface area contributed by atoms with E-state index in [0.29, 0.717) is 17.9 Å². The highest BCUT2D eigenvalue weighted by Gasteiger charge is 2.31. The fraction of sp³-hybridized carbons (Fsp3) is 0.368. The van der Waals surface area contributed by atoms with Gasteiger partial charge in [0.2, 0.25) is 0 Å². The van der Waals surface area contributed by atoms with Gasteiger partial charge in [-0.2, -0.15) is 0 Å². The predicted octanol–water partition coefficient (Wildman–Crippen LogP) is 5.31. The van der Waals surface area contributed by atoms with Crippen LogP contribution in [0.4, 0.5) is 10.1 Å². The Morgan fingerprint density at radius 1 is 1.00 bits per heavy atom. The van der Waals surface area contributed by atoms with E-state index in [1.807, 2.05) is 12.1 Å². The highest BCUT2D eigenvalue weighted by molar-refractivity contribution is 5.47. The van der Waals surface area contributed by atoms with Crippen LogP contribution in [0.25, 0.3) is 0 Å². The van der Waals surface area contributed by atoms with Gasteiger partial charge in [-0.15, -0.1) is 0 Å². The highest BCUT2D eigenvalue weighted by Crippen LogP contribution is 2.39. The van der Waals surface area contributed by atoms with E-state index in [-0.39, 0.29) is 5.82 Å². The molecule has 0 spiro atoms. The third-order valence-electron chi connectivity index (χ3n) is 4.43. The molecule has 2 aromatic rings. The van der Waals surface area contributed by atoms with E-state index in [4.69, 9.17) is 0 Å². The van der Waals surface area contributed by atoms with Crippen LogP contribution in [0.15, 0.2) is 48.5 Å². The summed E-state index contributed by atoms with van der Waals surface area (Å²) in [5.74, 6) is 0.856. The van der Waals surface area contributed by atoms with Gasteiger partial charge in [0.05, 0.1) is 0 Å². The summed E-state index contributed by atoms with van der Waals surface area (Å²) in [6.45, 7) is 4.40. The van der Waals surface area contributed by atoms with Crippen LogP contribution in [0.5, 0.6) is 0 Å². The molecule has 0 saturated heterocycles. The number of rotatable bonds is 4. The van der Waals surface area contributed by atoms with Gasteiger partial charge in [0, 0.05) is 11.7 Å². The maximum absolute atomic E-state index is 13.7. The number of hydrogen-bond donors (Lipinski definition) is 1. The van der Waals surface area contributed by atoms with E-state index in [1.54, 1.807) is 12.1 Å². The fourth-order valence-electron chi connectivity index (χ4n) is 3.00. The number of benzene rings is 2. The lowest BCUT2D eigenvalue weighted by Gasteiger charge is -2.37. The van der Waals surface area contributed by atoms with Crippen LogP contribution in [-0.2, 0) is 0 Å². The fourth-order valence-corrected chi connectivity index (χ4v) is 3.00. The molecule has 0 amide bonds. The van der Waals surface area contributed by atoms with Crippen molar-refractivity contribution in [1.82, 2.24) is 0 Å². The standard InChI is InChI=1S/C19H22FN/c1-13(2)14-7-9-16(10-8-14)21-17-11-15(12-17)18-5-3-4-6-19(18)20/h3-10,13,15,17,21H,11-12H2,1-2H3. The lowest BCUT2D eigenvalue weighted by atomic mass is 9.75. The maximum Gasteiger partial charge on any atom is 0.126 e. The van der Waals surface area contributed by atoms with Gasteiger partial charge < -0.3 is 5.32 Å². The second-order valence-electron chi connectivity index (χ2n) is 6.31. The summed E-state index contributed by atoms with van der Waals surface area (Å²) < 4.78 is 13.7. The molecule has 0 heterocycles. The van der Waals surface area contributed by atoms with Crippen molar-refractivity contribution >= 4 is 5.69 Å². The molecule has 1 aliphatic carbocycles. The second kappa shape index (κ2) is 5.88. The summed E-state index contributed by atoms with van der Waals surface area (Å²) in [6.07, 6.45) is 2.01. The van der Waals surface area contributed by atoms with Gasteiger partial charge in [-0.3, -0.25) is 0 Å². The normalized spacial score (nSPS) is 21.1. The molecule has 110 valence electrons. The summed E-state index contributed by atoms with van der Waals surface area (Å²) in [7, 11) is 0. The molecule has 1 aliphatic rings. The molecule has 1 fully saturated rings. The Balaban J connectivity index is 1.56. The van der Waals surface area contributed by atoms with E-state index in [0.717, 1.165) is 24.1 Å². The Morgan fingerprint density at radius 3 is 2.29 bits per heavy atom. The van der Waals surface area contributed by atoms with Gasteiger partial charge in [-0.25, -0.2) is 4.39 Å². The van der Waals surface area contributed by atoms with Gasteiger partial charge in [-0.05, 0) is 54.0 Å². The first-order valence-corrected chi connectivity index (χ1v) is 7.74. The molecule has 1 saturated carbocycles. The zero-order valence-electron chi connectivity index (χ0n) is 12.6. The number of halogens is 1. The molecular formula is C19H22FN. The molecule has 3 rings (SSSR count). The summed E-state index contributed by atoms with van der Waals surface area (Å²) in [5, 5.41) is 3.54. The molecule has 0 aromatic heterocycles. The van der Waals surface area contributed by atoms with Crippen molar-refractivity contribution in [3.63, 3.8) is 0 Å². The average molecular weight is 283 g/mol. The van der Waals surface area contributed by atoms with Crippen LogP contribution < -0.4 is 5.32 Å². The summed E-state index contributed by atoms with van der Waals surface area (Å²) >= 11 is 0. The van der Waals surface area contributed by atoms with E-state index in [2.05, 4.69) is 43.4 Å². The molecule has 0 unspecified atom stereocenters. The van der Waals surface area contributed by atoms with Crippen molar-refractivity contribution in [2.45, 2.75) is 44.6 Å². The van der Waals surface area contributed by atoms with Crippen molar-refractivity contribution in [3.05, 3.63) is 65.5 Å². The molecule has 0 atom stereocenters. The number of hydrogen-bond acceptors (Lipinski definition) is 1. The lowest BCUT2D eigenvalue weighted by molar-refractivity contribution is 0.363. The first kappa shape index (κ1) is 14.1. The topological polar surface area (TPSA) is 12.0 Å². The highest BCUT2D eigenvalue weighted by atomic mass is 19.1. The van der Waals surface area contributed by atoms with Crippen LogP contribution in [-0.4, -0.2) is 6.04 Å². The van der Waals surface area contributed by atoms with Gasteiger partial charge in [0.25, 0.3) is 0 Å². The first-order chi connectivity index (χ1) is 10.1. The maximum atomic E-state index is 13.7. The summed E-state index contributed by atoms with van der Waals surface area (Å²) in [4.78, 5) is 0. The predicted molar refractivity (Wildman–Crippen MR) is 86.3 cm³/mol. The molecule has 21 heavy (non-hydrogen) atoms. The zero-order valence-corrected chi connectivity index (χ0v) is 12.6.